The second kappa shape index (κ2) is 18.2. The molecule has 0 heterocycles. The van der Waals surface area contributed by atoms with E-state index in [0.29, 0.717) is 6.54 Å². The number of carboxylic acid groups (broad SMARTS) is 2. The van der Waals surface area contributed by atoms with Crippen molar-refractivity contribution in [1.29, 1.82) is 0 Å². The minimum atomic E-state index is -1.21. The molecule has 0 saturated heterocycles. The van der Waals surface area contributed by atoms with Crippen LogP contribution < -0.4 is 40.0 Å². The molecule has 0 rings (SSSR count). The van der Waals surface area contributed by atoms with E-state index in [9.17, 15) is 14.7 Å². The minimum Gasteiger partial charge on any atom is -0.548 e. The Balaban J connectivity index is 0. The van der Waals surface area contributed by atoms with Crippen LogP contribution in [0, 0.1) is 0 Å². The van der Waals surface area contributed by atoms with Crippen LogP contribution in [-0.4, -0.2) is 29.6 Å². The van der Waals surface area contributed by atoms with Crippen molar-refractivity contribution in [2.75, 3.05) is 6.54 Å². The van der Waals surface area contributed by atoms with E-state index in [2.05, 4.69) is 12.2 Å². The van der Waals surface area contributed by atoms with Crippen molar-refractivity contribution in [3.05, 3.63) is 0 Å². The number of rotatable bonds is 16. The maximum atomic E-state index is 10.9. The molecule has 0 amide bonds. The number of carbonyl (C=O) groups is 2. The summed E-state index contributed by atoms with van der Waals surface area (Å²) >= 11 is 0. The van der Waals surface area contributed by atoms with Crippen LogP contribution in [0.25, 0.3) is 0 Å². The van der Waals surface area contributed by atoms with E-state index < -0.39 is 18.0 Å². The van der Waals surface area contributed by atoms with Crippen molar-refractivity contribution in [2.45, 2.75) is 90.0 Å². The number of hydrogen-bond acceptors (Lipinski definition) is 4. The topological polar surface area (TPSA) is 89.5 Å². The Morgan fingerprint density at radius 1 is 0.957 bits per heavy atom. The molecule has 0 bridgehead atoms. The van der Waals surface area contributed by atoms with E-state index in [-0.39, 0.29) is 42.4 Å². The molecule has 0 aromatic rings. The predicted molar refractivity (Wildman–Crippen MR) is 85.5 cm³/mol. The first kappa shape index (κ1) is 25.1. The van der Waals surface area contributed by atoms with Crippen molar-refractivity contribution in [1.82, 2.24) is 5.32 Å². The fraction of sp³-hybridized carbons (Fsp3) is 0.882. The Kier molecular flexibility index (Phi) is 19.9. The molecule has 1 unspecified atom stereocenters. The first-order valence-electron chi connectivity index (χ1n) is 8.74. The first-order chi connectivity index (χ1) is 10.6. The molecule has 0 aliphatic heterocycles. The van der Waals surface area contributed by atoms with Crippen molar-refractivity contribution >= 4 is 11.9 Å². The van der Waals surface area contributed by atoms with Gasteiger partial charge in [0.25, 0.3) is 0 Å². The summed E-state index contributed by atoms with van der Waals surface area (Å²) in [5.41, 5.74) is 0. The third-order valence-corrected chi connectivity index (χ3v) is 3.85. The van der Waals surface area contributed by atoms with Crippen LogP contribution in [0.3, 0.4) is 0 Å². The molecule has 0 saturated carbocycles. The Bertz CT molecular complexity index is 300. The van der Waals surface area contributed by atoms with Gasteiger partial charge in [0.1, 0.15) is 0 Å². The number of nitrogens with one attached hydrogen (secondary N) is 1. The fourth-order valence-electron chi connectivity index (χ4n) is 2.46. The minimum absolute atomic E-state index is 0. The molecule has 5 nitrogen and oxygen atoms in total. The molecule has 130 valence electrons. The zero-order valence-electron chi connectivity index (χ0n) is 14.9. The van der Waals surface area contributed by atoms with Crippen LogP contribution in [0.5, 0.6) is 0 Å². The standard InChI is InChI=1S/C17H33NO4.Na/c1-2-3-4-5-6-7-8-9-10-11-14-18-15(17(21)22)12-13-16(19)20;/h15,18H,2-14H2,1H3,(H,19,20)(H,21,22);/q;+1/p-1. The van der Waals surface area contributed by atoms with E-state index in [4.69, 9.17) is 5.11 Å². The van der Waals surface area contributed by atoms with Crippen LogP contribution in [0.4, 0.5) is 0 Å². The van der Waals surface area contributed by atoms with E-state index >= 15 is 0 Å². The monoisotopic (exact) mass is 337 g/mol. The van der Waals surface area contributed by atoms with Gasteiger partial charge in [-0.1, -0.05) is 64.7 Å². The summed E-state index contributed by atoms with van der Waals surface area (Å²) < 4.78 is 0. The van der Waals surface area contributed by atoms with Gasteiger partial charge in [0.15, 0.2) is 0 Å². The van der Waals surface area contributed by atoms with Gasteiger partial charge in [0.05, 0.1) is 5.97 Å². The van der Waals surface area contributed by atoms with Gasteiger partial charge in [0.2, 0.25) is 0 Å². The van der Waals surface area contributed by atoms with Gasteiger partial charge >= 0.3 is 35.5 Å². The van der Waals surface area contributed by atoms with Crippen LogP contribution in [0.2, 0.25) is 0 Å². The fourth-order valence-corrected chi connectivity index (χ4v) is 2.46. The molecule has 0 fully saturated rings. The maximum absolute atomic E-state index is 10.9. The van der Waals surface area contributed by atoms with Crippen LogP contribution in [0.15, 0.2) is 0 Å². The van der Waals surface area contributed by atoms with Crippen molar-refractivity contribution < 1.29 is 49.4 Å². The third kappa shape index (κ3) is 18.1. The van der Waals surface area contributed by atoms with Gasteiger partial charge in [-0.25, -0.2) is 0 Å². The summed E-state index contributed by atoms with van der Waals surface area (Å²) in [7, 11) is 0. The number of hydrogen-bond donors (Lipinski definition) is 2. The normalized spacial score (nSPS) is 11.7. The number of unbranched alkanes of at least 4 members (excludes halogenated alkanes) is 9. The molecule has 0 aromatic heterocycles. The van der Waals surface area contributed by atoms with Crippen LogP contribution in [0.1, 0.15) is 84.0 Å². The van der Waals surface area contributed by atoms with Gasteiger partial charge in [-0.2, -0.15) is 0 Å². The van der Waals surface area contributed by atoms with Gasteiger partial charge < -0.3 is 20.3 Å². The van der Waals surface area contributed by atoms with Gasteiger partial charge in [-0.15, -0.1) is 0 Å². The molecule has 23 heavy (non-hydrogen) atoms. The summed E-state index contributed by atoms with van der Waals surface area (Å²) in [5.74, 6) is -2.19. The first-order valence-corrected chi connectivity index (χ1v) is 8.74. The summed E-state index contributed by atoms with van der Waals surface area (Å²) in [5, 5.41) is 22.3. The Morgan fingerprint density at radius 2 is 1.43 bits per heavy atom. The van der Waals surface area contributed by atoms with E-state index in [1.807, 2.05) is 0 Å². The van der Waals surface area contributed by atoms with Crippen molar-refractivity contribution in [3.63, 3.8) is 0 Å². The summed E-state index contributed by atoms with van der Waals surface area (Å²) in [6.07, 6.45) is 12.3. The summed E-state index contributed by atoms with van der Waals surface area (Å²) in [6.45, 7) is 2.83. The van der Waals surface area contributed by atoms with Crippen molar-refractivity contribution in [2.24, 2.45) is 0 Å². The van der Waals surface area contributed by atoms with Crippen molar-refractivity contribution in [3.8, 4) is 0 Å². The molecule has 0 radical (unpaired) electrons. The van der Waals surface area contributed by atoms with Gasteiger partial charge in [0, 0.05) is 12.5 Å². The van der Waals surface area contributed by atoms with Crippen LogP contribution >= 0.6 is 0 Å². The Labute approximate surface area is 162 Å². The van der Waals surface area contributed by atoms with Gasteiger partial charge in [-0.3, -0.25) is 4.79 Å². The average molecular weight is 337 g/mol. The molecule has 0 aliphatic rings. The van der Waals surface area contributed by atoms with E-state index in [0.717, 1.165) is 12.8 Å². The summed E-state index contributed by atoms with van der Waals surface area (Å²) in [4.78, 5) is 21.3. The average Bonchev–Trinajstić information content (AvgIpc) is 2.47. The smallest absolute Gasteiger partial charge is 0.548 e. The summed E-state index contributed by atoms with van der Waals surface area (Å²) in [6, 6.07) is -0.852. The zero-order chi connectivity index (χ0) is 16.6. The quantitative estimate of drug-likeness (QED) is 0.292. The molecule has 0 aliphatic carbocycles. The van der Waals surface area contributed by atoms with Gasteiger partial charge in [-0.05, 0) is 19.4 Å². The molecule has 1 atom stereocenters. The van der Waals surface area contributed by atoms with E-state index in [1.165, 1.54) is 51.4 Å². The molecule has 2 N–H and O–H groups in total. The zero-order valence-corrected chi connectivity index (χ0v) is 16.9. The number of carbonyl (C=O) groups excluding carboxylic acids is 1. The van der Waals surface area contributed by atoms with E-state index in [1.54, 1.807) is 0 Å². The predicted octanol–water partition coefficient (Wildman–Crippen LogP) is -0.516. The third-order valence-electron chi connectivity index (χ3n) is 3.85. The Hall–Kier alpha value is -0.100. The largest absolute Gasteiger partial charge is 1.00 e. The maximum Gasteiger partial charge on any atom is 1.00 e. The second-order valence-corrected chi connectivity index (χ2v) is 5.94. The SMILES string of the molecule is CCCCCCCCCCCCNC(CCC(=O)O)C(=O)[O-].[Na+]. The number of aliphatic carboxylic acids is 2. The molecule has 0 aromatic carbocycles. The Morgan fingerprint density at radius 3 is 1.87 bits per heavy atom. The molecular formula is C17H32NNaO4. The second-order valence-electron chi connectivity index (χ2n) is 5.94. The molecular weight excluding hydrogens is 305 g/mol. The molecule has 0 spiro atoms. The number of carboxylic acids is 2. The van der Waals surface area contributed by atoms with Crippen LogP contribution in [-0.2, 0) is 9.59 Å². The molecule has 6 heteroatoms.